The number of aromatic nitrogens is 2. The fourth-order valence-electron chi connectivity index (χ4n) is 3.51. The summed E-state index contributed by atoms with van der Waals surface area (Å²) in [5.41, 5.74) is 4.62. The zero-order valence-corrected chi connectivity index (χ0v) is 20.0. The van der Waals surface area contributed by atoms with Crippen molar-refractivity contribution in [1.29, 1.82) is 0 Å². The molecular formula is C25H23Cl2N3O3. The maximum absolute atomic E-state index is 12.8. The van der Waals surface area contributed by atoms with Crippen LogP contribution < -0.4 is 10.1 Å². The van der Waals surface area contributed by atoms with Gasteiger partial charge in [0, 0.05) is 0 Å². The van der Waals surface area contributed by atoms with E-state index in [0.717, 1.165) is 17.0 Å². The Hall–Kier alpha value is -3.22. The molecular weight excluding hydrogens is 461 g/mol. The zero-order chi connectivity index (χ0) is 23.5. The molecule has 170 valence electrons. The second kappa shape index (κ2) is 9.73. The molecule has 0 fully saturated rings. The van der Waals surface area contributed by atoms with Crippen LogP contribution in [-0.4, -0.2) is 15.7 Å². The van der Waals surface area contributed by atoms with Crippen LogP contribution in [0.15, 0.2) is 59.0 Å². The molecule has 0 radical (unpaired) electrons. The summed E-state index contributed by atoms with van der Waals surface area (Å²) < 4.78 is 13.2. The van der Waals surface area contributed by atoms with Crippen molar-refractivity contribution >= 4 is 34.8 Å². The molecule has 2 aromatic heterocycles. The third-order valence-corrected chi connectivity index (χ3v) is 6.01. The highest BCUT2D eigenvalue weighted by Gasteiger charge is 2.18. The highest BCUT2D eigenvalue weighted by molar-refractivity contribution is 6.42. The van der Waals surface area contributed by atoms with Gasteiger partial charge < -0.3 is 14.5 Å². The van der Waals surface area contributed by atoms with E-state index < -0.39 is 0 Å². The van der Waals surface area contributed by atoms with Crippen molar-refractivity contribution in [3.8, 4) is 5.75 Å². The number of anilines is 1. The highest BCUT2D eigenvalue weighted by atomic mass is 35.5. The first-order chi connectivity index (χ1) is 15.8. The molecule has 0 saturated heterocycles. The molecule has 0 bridgehead atoms. The molecule has 0 atom stereocenters. The first kappa shape index (κ1) is 23.0. The van der Waals surface area contributed by atoms with Crippen LogP contribution in [0.3, 0.4) is 0 Å². The molecule has 1 amide bonds. The minimum Gasteiger partial charge on any atom is -0.484 e. The molecule has 2 heterocycles. The first-order valence-electron chi connectivity index (χ1n) is 10.4. The van der Waals surface area contributed by atoms with E-state index >= 15 is 0 Å². The van der Waals surface area contributed by atoms with Crippen molar-refractivity contribution in [2.45, 2.75) is 33.9 Å². The lowest BCUT2D eigenvalue weighted by Gasteiger charge is -2.08. The Balaban J connectivity index is 1.43. The Morgan fingerprint density at radius 3 is 2.67 bits per heavy atom. The Morgan fingerprint density at radius 1 is 1.09 bits per heavy atom. The standard InChI is InChI=1S/C25H23Cl2N3O3/c1-15-6-4-7-18(12-15)13-30-17(3)24(16(2)29-30)28-25(31)22-11-10-19(33-22)14-32-21-9-5-8-20(26)23(21)27/h4-12H,13-14H2,1-3H3,(H,28,31). The average molecular weight is 484 g/mol. The van der Waals surface area contributed by atoms with Gasteiger partial charge in [-0.15, -0.1) is 0 Å². The number of carbonyl (C=O) groups excluding carboxylic acids is 1. The second-order valence-corrected chi connectivity index (χ2v) is 8.54. The van der Waals surface area contributed by atoms with Crippen molar-refractivity contribution in [2.24, 2.45) is 0 Å². The minimum atomic E-state index is -0.358. The fourth-order valence-corrected chi connectivity index (χ4v) is 3.86. The molecule has 6 nitrogen and oxygen atoms in total. The number of carbonyl (C=O) groups is 1. The van der Waals surface area contributed by atoms with E-state index in [4.69, 9.17) is 32.4 Å². The summed E-state index contributed by atoms with van der Waals surface area (Å²) in [7, 11) is 0. The lowest BCUT2D eigenvalue weighted by Crippen LogP contribution is -2.12. The Kier molecular flexibility index (Phi) is 6.77. The fraction of sp³-hybridized carbons (Fsp3) is 0.200. The predicted octanol–water partition coefficient (Wildman–Crippen LogP) is 6.59. The SMILES string of the molecule is Cc1cccc(Cn2nc(C)c(NC(=O)c3ccc(COc4cccc(Cl)c4Cl)o3)c2C)c1. The summed E-state index contributed by atoms with van der Waals surface area (Å²) in [5.74, 6) is 0.748. The molecule has 4 rings (SSSR count). The van der Waals surface area contributed by atoms with Gasteiger partial charge in [0.25, 0.3) is 5.91 Å². The van der Waals surface area contributed by atoms with Gasteiger partial charge in [-0.05, 0) is 50.6 Å². The van der Waals surface area contributed by atoms with Gasteiger partial charge in [-0.2, -0.15) is 5.10 Å². The monoisotopic (exact) mass is 483 g/mol. The van der Waals surface area contributed by atoms with Crippen LogP contribution in [0.4, 0.5) is 5.69 Å². The number of ether oxygens (including phenoxy) is 1. The lowest BCUT2D eigenvalue weighted by atomic mass is 10.1. The number of hydrogen-bond donors (Lipinski definition) is 1. The second-order valence-electron chi connectivity index (χ2n) is 7.75. The van der Waals surface area contributed by atoms with E-state index in [1.165, 1.54) is 5.56 Å². The van der Waals surface area contributed by atoms with Crippen LogP contribution in [0.5, 0.6) is 5.75 Å². The van der Waals surface area contributed by atoms with Gasteiger partial charge >= 0.3 is 0 Å². The Labute approximate surface area is 202 Å². The van der Waals surface area contributed by atoms with Gasteiger partial charge in [-0.25, -0.2) is 0 Å². The van der Waals surface area contributed by atoms with Gasteiger partial charge in [0.2, 0.25) is 0 Å². The maximum atomic E-state index is 12.8. The Morgan fingerprint density at radius 2 is 1.88 bits per heavy atom. The van der Waals surface area contributed by atoms with Crippen LogP contribution >= 0.6 is 23.2 Å². The van der Waals surface area contributed by atoms with E-state index in [1.54, 1.807) is 30.3 Å². The largest absolute Gasteiger partial charge is 0.484 e. The smallest absolute Gasteiger partial charge is 0.291 e. The number of amides is 1. The molecule has 33 heavy (non-hydrogen) atoms. The molecule has 8 heteroatoms. The lowest BCUT2D eigenvalue weighted by molar-refractivity contribution is 0.0992. The summed E-state index contributed by atoms with van der Waals surface area (Å²) in [6, 6.07) is 16.7. The van der Waals surface area contributed by atoms with Crippen LogP contribution in [0.1, 0.15) is 38.8 Å². The number of hydrogen-bond acceptors (Lipinski definition) is 4. The van der Waals surface area contributed by atoms with Crippen molar-refractivity contribution in [1.82, 2.24) is 9.78 Å². The summed E-state index contributed by atoms with van der Waals surface area (Å²) >= 11 is 12.1. The number of rotatable bonds is 7. The van der Waals surface area contributed by atoms with E-state index in [2.05, 4.69) is 35.5 Å². The molecule has 0 aliphatic rings. The van der Waals surface area contributed by atoms with E-state index in [9.17, 15) is 4.79 Å². The van der Waals surface area contributed by atoms with Crippen molar-refractivity contribution in [3.05, 3.63) is 98.7 Å². The normalized spacial score (nSPS) is 10.9. The van der Waals surface area contributed by atoms with Gasteiger partial charge in [-0.1, -0.05) is 59.1 Å². The molecule has 0 aliphatic carbocycles. The van der Waals surface area contributed by atoms with E-state index in [1.807, 2.05) is 24.6 Å². The van der Waals surface area contributed by atoms with E-state index in [0.29, 0.717) is 33.8 Å². The maximum Gasteiger partial charge on any atom is 0.291 e. The number of aryl methyl sites for hydroxylation is 2. The number of nitrogens with zero attached hydrogens (tertiary/aromatic N) is 2. The number of furan rings is 1. The van der Waals surface area contributed by atoms with Crippen LogP contribution in [0.25, 0.3) is 0 Å². The molecule has 0 saturated carbocycles. The average Bonchev–Trinajstić information content (AvgIpc) is 3.35. The summed E-state index contributed by atoms with van der Waals surface area (Å²) in [4.78, 5) is 12.8. The number of halogens is 2. The molecule has 4 aromatic rings. The summed E-state index contributed by atoms with van der Waals surface area (Å²) in [6.45, 7) is 6.59. The first-order valence-corrected chi connectivity index (χ1v) is 11.1. The molecule has 2 aromatic carbocycles. The third-order valence-electron chi connectivity index (χ3n) is 5.21. The van der Waals surface area contributed by atoms with Crippen molar-refractivity contribution in [3.63, 3.8) is 0 Å². The van der Waals surface area contributed by atoms with Gasteiger partial charge in [0.05, 0.1) is 28.6 Å². The van der Waals surface area contributed by atoms with Crippen LogP contribution in [-0.2, 0) is 13.2 Å². The Bertz CT molecular complexity index is 1310. The topological polar surface area (TPSA) is 69.3 Å². The zero-order valence-electron chi connectivity index (χ0n) is 18.5. The van der Waals surface area contributed by atoms with Crippen molar-refractivity contribution in [2.75, 3.05) is 5.32 Å². The summed E-state index contributed by atoms with van der Waals surface area (Å²) in [5, 5.41) is 8.25. The number of benzene rings is 2. The molecule has 1 N–H and O–H groups in total. The molecule has 0 aliphatic heterocycles. The predicted molar refractivity (Wildman–Crippen MR) is 129 cm³/mol. The molecule has 0 spiro atoms. The quantitative estimate of drug-likeness (QED) is 0.321. The van der Waals surface area contributed by atoms with Gasteiger partial charge in [-0.3, -0.25) is 9.48 Å². The van der Waals surface area contributed by atoms with E-state index in [-0.39, 0.29) is 18.3 Å². The minimum absolute atomic E-state index is 0.111. The van der Waals surface area contributed by atoms with Crippen molar-refractivity contribution < 1.29 is 13.9 Å². The molecule has 0 unspecified atom stereocenters. The number of nitrogens with one attached hydrogen (secondary N) is 1. The van der Waals surface area contributed by atoms with Crippen LogP contribution in [0.2, 0.25) is 10.0 Å². The van der Waals surface area contributed by atoms with Gasteiger partial charge in [0.15, 0.2) is 5.76 Å². The van der Waals surface area contributed by atoms with Gasteiger partial charge in [0.1, 0.15) is 23.1 Å². The van der Waals surface area contributed by atoms with Crippen LogP contribution in [0, 0.1) is 20.8 Å². The highest BCUT2D eigenvalue weighted by Crippen LogP contribution is 2.32. The summed E-state index contributed by atoms with van der Waals surface area (Å²) in [6.07, 6.45) is 0. The third kappa shape index (κ3) is 5.24.